The van der Waals surface area contributed by atoms with Crippen molar-refractivity contribution in [2.45, 2.75) is 129 Å². The zero-order valence-corrected chi connectivity index (χ0v) is 22.5. The molecule has 2 atom stereocenters. The molecule has 0 saturated carbocycles. The summed E-state index contributed by atoms with van der Waals surface area (Å²) < 4.78 is 18.6. The zero-order chi connectivity index (χ0) is 23.4. The van der Waals surface area contributed by atoms with Gasteiger partial charge in [0.15, 0.2) is 5.78 Å². The summed E-state index contributed by atoms with van der Waals surface area (Å²) in [5.74, 6) is -0.335. The van der Waals surface area contributed by atoms with Gasteiger partial charge in [-0.25, -0.2) is 0 Å². The fraction of sp³-hybridized carbons (Fsp3) is 0.923. The summed E-state index contributed by atoms with van der Waals surface area (Å²) in [5.41, 5.74) is 0. The minimum Gasteiger partial charge on any atom is -0.320 e. The van der Waals surface area contributed by atoms with Crippen molar-refractivity contribution in [2.75, 3.05) is 27.7 Å². The van der Waals surface area contributed by atoms with Crippen LogP contribution in [0.2, 0.25) is 0 Å². The molecule has 0 aromatic rings. The van der Waals surface area contributed by atoms with Crippen LogP contribution in [0.4, 0.5) is 0 Å². The Morgan fingerprint density at radius 1 is 0.742 bits per heavy atom. The number of hydrogen-bond acceptors (Lipinski definition) is 2. The molecule has 186 valence electrons. The molecular weight excluding hydrogens is 405 g/mol. The quantitative estimate of drug-likeness (QED) is 0.0763. The van der Waals surface area contributed by atoms with Crippen molar-refractivity contribution in [2.24, 2.45) is 0 Å². The second-order valence-electron chi connectivity index (χ2n) is 10.1. The Balaban J connectivity index is 3.57. The average Bonchev–Trinajstić information content (AvgIpc) is 2.70. The molecule has 0 bridgehead atoms. The van der Waals surface area contributed by atoms with Crippen molar-refractivity contribution in [3.8, 4) is 0 Å². The molecule has 0 aliphatic rings. The molecule has 0 radical (unpaired) electrons. The first kappa shape index (κ1) is 30.9. The zero-order valence-electron chi connectivity index (χ0n) is 21.6. The molecule has 0 rings (SSSR count). The summed E-state index contributed by atoms with van der Waals surface area (Å²) in [6, 6.07) is 0. The highest BCUT2D eigenvalue weighted by molar-refractivity contribution is 7.53. The Kier molecular flexibility index (Phi) is 19.2. The van der Waals surface area contributed by atoms with Gasteiger partial charge >= 0.3 is 7.60 Å². The largest absolute Gasteiger partial charge is 0.385 e. The number of unbranched alkanes of at least 4 members (excludes halogenated alkanes) is 13. The lowest BCUT2D eigenvalue weighted by Crippen LogP contribution is -2.45. The van der Waals surface area contributed by atoms with Crippen molar-refractivity contribution < 1.29 is 18.5 Å². The molecule has 0 heterocycles. The van der Waals surface area contributed by atoms with Crippen LogP contribution in [0.15, 0.2) is 12.2 Å². The van der Waals surface area contributed by atoms with Crippen LogP contribution in [0, 0.1) is 0 Å². The minimum absolute atomic E-state index is 0.335. The molecule has 0 aromatic heterocycles. The second kappa shape index (κ2) is 19.3. The van der Waals surface area contributed by atoms with Crippen LogP contribution in [0.1, 0.15) is 123 Å². The molecule has 5 heteroatoms. The Hall–Kier alpha value is -0.150. The molecule has 31 heavy (non-hydrogen) atoms. The van der Waals surface area contributed by atoms with Crippen molar-refractivity contribution in [1.82, 2.24) is 0 Å². The minimum atomic E-state index is -3.57. The van der Waals surface area contributed by atoms with E-state index in [1.54, 1.807) is 0 Å². The third-order valence-electron chi connectivity index (χ3n) is 6.00. The number of rotatable bonds is 22. The van der Waals surface area contributed by atoms with Crippen LogP contribution in [0.3, 0.4) is 0 Å². The molecule has 0 fully saturated rings. The Labute approximate surface area is 195 Å². The lowest BCUT2D eigenvalue weighted by molar-refractivity contribution is -0.883. The summed E-state index contributed by atoms with van der Waals surface area (Å²) in [4.78, 5) is 10.4. The van der Waals surface area contributed by atoms with E-state index in [-0.39, 0.29) is 5.78 Å². The van der Waals surface area contributed by atoms with Crippen molar-refractivity contribution in [3.05, 3.63) is 12.2 Å². The summed E-state index contributed by atoms with van der Waals surface area (Å²) in [7, 11) is 2.35. The molecule has 0 saturated heterocycles. The van der Waals surface area contributed by atoms with E-state index in [9.17, 15) is 9.46 Å². The fourth-order valence-corrected chi connectivity index (χ4v) is 6.08. The normalized spacial score (nSPS) is 15.4. The van der Waals surface area contributed by atoms with Gasteiger partial charge in [0.2, 0.25) is 0 Å². The number of allylic oxidation sites excluding steroid dienone is 2. The van der Waals surface area contributed by atoms with Crippen molar-refractivity contribution >= 4 is 7.60 Å². The molecule has 0 aliphatic carbocycles. The van der Waals surface area contributed by atoms with Crippen LogP contribution in [0.25, 0.3) is 0 Å². The maximum atomic E-state index is 12.6. The lowest BCUT2D eigenvalue weighted by Gasteiger charge is -2.35. The number of quaternary nitrogens is 1. The predicted molar refractivity (Wildman–Crippen MR) is 137 cm³/mol. The van der Waals surface area contributed by atoms with E-state index in [4.69, 9.17) is 4.52 Å². The highest BCUT2D eigenvalue weighted by Crippen LogP contribution is 2.51. The van der Waals surface area contributed by atoms with Crippen LogP contribution in [-0.2, 0) is 9.09 Å². The van der Waals surface area contributed by atoms with Crippen molar-refractivity contribution in [3.63, 3.8) is 0 Å². The number of nitrogens with zero attached hydrogens (tertiary/aromatic N) is 1. The molecule has 4 nitrogen and oxygen atoms in total. The second-order valence-corrected chi connectivity index (χ2v) is 12.1. The highest BCUT2D eigenvalue weighted by Gasteiger charge is 2.41. The van der Waals surface area contributed by atoms with Gasteiger partial charge in [-0.15, -0.1) is 0 Å². The first-order valence-corrected chi connectivity index (χ1v) is 14.8. The third kappa shape index (κ3) is 18.0. The molecule has 0 spiro atoms. The van der Waals surface area contributed by atoms with Gasteiger partial charge in [-0.05, 0) is 38.5 Å². The first-order valence-electron chi connectivity index (χ1n) is 13.2. The third-order valence-corrected chi connectivity index (χ3v) is 8.26. The average molecular weight is 461 g/mol. The van der Waals surface area contributed by atoms with Crippen LogP contribution in [0.5, 0.6) is 0 Å². The summed E-state index contributed by atoms with van der Waals surface area (Å²) in [6.07, 6.45) is 25.4. The smallest absolute Gasteiger partial charge is 0.320 e. The van der Waals surface area contributed by atoms with Crippen LogP contribution < -0.4 is 0 Å². The molecule has 1 N–H and O–H groups in total. The lowest BCUT2D eigenvalue weighted by atomic mass is 10.1. The van der Waals surface area contributed by atoms with Gasteiger partial charge in [-0.2, -0.15) is 0 Å². The van der Waals surface area contributed by atoms with Crippen molar-refractivity contribution in [1.29, 1.82) is 0 Å². The Bertz CT molecular complexity index is 474. The maximum absolute atomic E-state index is 12.6. The van der Waals surface area contributed by atoms with Gasteiger partial charge in [0.1, 0.15) is 0 Å². The van der Waals surface area contributed by atoms with Crippen LogP contribution >= 0.6 is 7.60 Å². The number of hydrogen-bond donors (Lipinski definition) is 1. The van der Waals surface area contributed by atoms with E-state index in [1.807, 2.05) is 21.1 Å². The molecule has 2 unspecified atom stereocenters. The van der Waals surface area contributed by atoms with Crippen LogP contribution in [-0.4, -0.2) is 42.9 Å². The standard InChI is InChI=1S/C26H54NO3P/c1-6-8-9-10-11-12-13-14-15-16-17-18-19-20-21-22-23-25-30-31(28,29)26(24-7-2)27(3,4)5/h13-14,26H,6-12,15-25H2,1-5H3/p+1/b14-13-. The summed E-state index contributed by atoms with van der Waals surface area (Å²) in [5, 5.41) is 0. The van der Waals surface area contributed by atoms with E-state index >= 15 is 0 Å². The van der Waals surface area contributed by atoms with E-state index in [0.717, 1.165) is 19.3 Å². The van der Waals surface area contributed by atoms with E-state index in [1.165, 1.54) is 83.5 Å². The van der Waals surface area contributed by atoms with Gasteiger partial charge in [0, 0.05) is 6.42 Å². The molecular formula is C26H55NO3P+. The molecule has 0 aromatic carbocycles. The van der Waals surface area contributed by atoms with Gasteiger partial charge in [-0.1, -0.05) is 90.2 Å². The molecule has 0 amide bonds. The van der Waals surface area contributed by atoms with E-state index < -0.39 is 7.60 Å². The fourth-order valence-electron chi connectivity index (χ4n) is 4.05. The predicted octanol–water partition coefficient (Wildman–Crippen LogP) is 8.45. The monoisotopic (exact) mass is 460 g/mol. The topological polar surface area (TPSA) is 46.5 Å². The van der Waals surface area contributed by atoms with Gasteiger partial charge in [0.05, 0.1) is 27.7 Å². The van der Waals surface area contributed by atoms with E-state index in [2.05, 4.69) is 26.0 Å². The molecule has 0 aliphatic heterocycles. The Morgan fingerprint density at radius 2 is 1.19 bits per heavy atom. The van der Waals surface area contributed by atoms with E-state index in [0.29, 0.717) is 17.5 Å². The van der Waals surface area contributed by atoms with Gasteiger partial charge in [0.25, 0.3) is 0 Å². The summed E-state index contributed by atoms with van der Waals surface area (Å²) in [6.45, 7) is 4.72. The van der Waals surface area contributed by atoms with Gasteiger partial charge < -0.3 is 13.9 Å². The summed E-state index contributed by atoms with van der Waals surface area (Å²) >= 11 is 0. The highest BCUT2D eigenvalue weighted by atomic mass is 31.2. The Morgan fingerprint density at radius 3 is 1.65 bits per heavy atom. The maximum Gasteiger partial charge on any atom is 0.385 e. The van der Waals surface area contributed by atoms with Gasteiger partial charge in [-0.3, -0.25) is 4.57 Å². The first-order chi connectivity index (χ1) is 14.8. The SMILES string of the molecule is CCCCCCC/C=C\CCCCCCCCCCOP(=O)(O)C(CCC)[N+](C)(C)C.